The molecule has 2 aromatic carbocycles. The number of halogens is 1. The molecular formula is C26H22FN3O5. The number of hydrogen-bond acceptors (Lipinski definition) is 7. The van der Waals surface area contributed by atoms with E-state index in [4.69, 9.17) is 9.47 Å². The highest BCUT2D eigenvalue weighted by Gasteiger charge is 2.58. The molecule has 9 heteroatoms. The standard InChI is InChI=1S/C26H22FN3O5/c1-25(2)20-5-3-4-6-22(20)29(13-14-34-24(31)19-10-12-28-16-21(19)27)26(25)11-9-17-15-18(30(32)33)7-8-23(17)35-26/h3-12,15-16H,13-14H2,1-2H3. The molecule has 5 rings (SSSR count). The van der Waals surface area contributed by atoms with Gasteiger partial charge in [-0.3, -0.25) is 15.1 Å². The number of carbonyl (C=O) groups is 1. The van der Waals surface area contributed by atoms with Crippen molar-refractivity contribution in [2.75, 3.05) is 18.1 Å². The second kappa shape index (κ2) is 8.19. The van der Waals surface area contributed by atoms with E-state index in [-0.39, 0.29) is 24.4 Å². The Morgan fingerprint density at radius 1 is 1.23 bits per heavy atom. The zero-order chi connectivity index (χ0) is 24.8. The molecule has 0 saturated heterocycles. The highest BCUT2D eigenvalue weighted by Crippen LogP contribution is 2.54. The van der Waals surface area contributed by atoms with Crippen molar-refractivity contribution >= 4 is 23.4 Å². The van der Waals surface area contributed by atoms with E-state index in [9.17, 15) is 19.3 Å². The van der Waals surface area contributed by atoms with Gasteiger partial charge in [-0.05, 0) is 49.8 Å². The minimum Gasteiger partial charge on any atom is -0.463 e. The van der Waals surface area contributed by atoms with Gasteiger partial charge in [-0.1, -0.05) is 18.2 Å². The van der Waals surface area contributed by atoms with Gasteiger partial charge in [0.05, 0.1) is 28.6 Å². The van der Waals surface area contributed by atoms with E-state index in [1.807, 2.05) is 41.3 Å². The van der Waals surface area contributed by atoms with Crippen molar-refractivity contribution in [1.82, 2.24) is 4.98 Å². The van der Waals surface area contributed by atoms with Crippen molar-refractivity contribution in [3.63, 3.8) is 0 Å². The second-order valence-corrected chi connectivity index (χ2v) is 8.90. The lowest BCUT2D eigenvalue weighted by Gasteiger charge is -2.47. The van der Waals surface area contributed by atoms with Gasteiger partial charge >= 0.3 is 5.97 Å². The molecule has 0 N–H and O–H groups in total. The minimum absolute atomic E-state index is 0.0168. The lowest BCUT2D eigenvalue weighted by Crippen LogP contribution is -2.60. The molecule has 1 unspecified atom stereocenters. The Kier molecular flexibility index (Phi) is 5.27. The number of carbonyl (C=O) groups excluding carboxylic acids is 1. The molecule has 2 aliphatic rings. The van der Waals surface area contributed by atoms with Crippen molar-refractivity contribution in [3.05, 3.63) is 99.6 Å². The molecule has 0 bridgehead atoms. The Labute approximate surface area is 200 Å². The van der Waals surface area contributed by atoms with Crippen molar-refractivity contribution < 1.29 is 23.6 Å². The van der Waals surface area contributed by atoms with Gasteiger partial charge in [0.1, 0.15) is 12.4 Å². The van der Waals surface area contributed by atoms with Crippen LogP contribution in [0.25, 0.3) is 6.08 Å². The third-order valence-electron chi connectivity index (χ3n) is 6.66. The quantitative estimate of drug-likeness (QED) is 0.295. The number of rotatable bonds is 5. The van der Waals surface area contributed by atoms with Gasteiger partial charge in [-0.2, -0.15) is 0 Å². The normalized spacial score (nSPS) is 19.1. The largest absolute Gasteiger partial charge is 0.463 e. The Bertz CT molecular complexity index is 1370. The number of pyridine rings is 1. The molecule has 2 aliphatic heterocycles. The predicted octanol–water partition coefficient (Wildman–Crippen LogP) is 4.89. The number of fused-ring (bicyclic) bond motifs is 2. The van der Waals surface area contributed by atoms with Crippen LogP contribution < -0.4 is 9.64 Å². The number of nitrogens with zero attached hydrogens (tertiary/aromatic N) is 3. The summed E-state index contributed by atoms with van der Waals surface area (Å²) >= 11 is 0. The maximum absolute atomic E-state index is 13.9. The first-order valence-electron chi connectivity index (χ1n) is 11.0. The first kappa shape index (κ1) is 22.5. The van der Waals surface area contributed by atoms with E-state index in [1.165, 1.54) is 24.4 Å². The Morgan fingerprint density at radius 2 is 2.03 bits per heavy atom. The first-order valence-corrected chi connectivity index (χ1v) is 11.0. The van der Waals surface area contributed by atoms with E-state index in [1.54, 1.807) is 6.07 Å². The van der Waals surface area contributed by atoms with Gasteiger partial charge in [0.25, 0.3) is 5.69 Å². The number of para-hydroxylation sites is 1. The molecule has 1 spiro atoms. The van der Waals surface area contributed by atoms with Gasteiger partial charge in [0.15, 0.2) is 5.82 Å². The number of nitro benzene ring substituents is 1. The van der Waals surface area contributed by atoms with Crippen LogP contribution in [0.4, 0.5) is 15.8 Å². The van der Waals surface area contributed by atoms with Gasteiger partial charge < -0.3 is 14.4 Å². The zero-order valence-electron chi connectivity index (χ0n) is 19.1. The van der Waals surface area contributed by atoms with Crippen LogP contribution >= 0.6 is 0 Å². The summed E-state index contributed by atoms with van der Waals surface area (Å²) in [5, 5.41) is 11.2. The van der Waals surface area contributed by atoms with Crippen LogP contribution in [0.15, 0.2) is 67.0 Å². The lowest BCUT2D eigenvalue weighted by molar-refractivity contribution is -0.384. The van der Waals surface area contributed by atoms with Crippen LogP contribution in [0.3, 0.4) is 0 Å². The van der Waals surface area contributed by atoms with Crippen LogP contribution in [0.5, 0.6) is 5.75 Å². The summed E-state index contributed by atoms with van der Waals surface area (Å²) in [4.78, 5) is 28.8. The molecule has 3 heterocycles. The molecular weight excluding hydrogens is 453 g/mol. The average Bonchev–Trinajstić information content (AvgIpc) is 3.02. The van der Waals surface area contributed by atoms with E-state index in [2.05, 4.69) is 18.8 Å². The number of non-ortho nitro benzene ring substituents is 1. The smallest absolute Gasteiger partial charge is 0.341 e. The maximum Gasteiger partial charge on any atom is 0.341 e. The molecule has 35 heavy (non-hydrogen) atoms. The summed E-state index contributed by atoms with van der Waals surface area (Å²) in [7, 11) is 0. The topological polar surface area (TPSA) is 94.8 Å². The van der Waals surface area contributed by atoms with E-state index < -0.39 is 27.8 Å². The number of esters is 1. The Balaban J connectivity index is 1.47. The van der Waals surface area contributed by atoms with Gasteiger partial charge in [0, 0.05) is 29.6 Å². The average molecular weight is 475 g/mol. The molecule has 0 fully saturated rings. The number of nitro groups is 1. The fourth-order valence-corrected chi connectivity index (χ4v) is 4.84. The zero-order valence-corrected chi connectivity index (χ0v) is 19.1. The van der Waals surface area contributed by atoms with E-state index >= 15 is 0 Å². The lowest BCUT2D eigenvalue weighted by atomic mass is 9.76. The number of ether oxygens (including phenoxy) is 2. The molecule has 0 amide bonds. The monoisotopic (exact) mass is 475 g/mol. The molecule has 178 valence electrons. The highest BCUT2D eigenvalue weighted by atomic mass is 19.1. The van der Waals surface area contributed by atoms with Crippen LogP contribution in [0.1, 0.15) is 35.3 Å². The molecule has 1 aromatic heterocycles. The number of anilines is 1. The summed E-state index contributed by atoms with van der Waals surface area (Å²) in [5.41, 5.74) is 0.862. The minimum atomic E-state index is -0.978. The van der Waals surface area contributed by atoms with Crippen LogP contribution in [0, 0.1) is 15.9 Å². The van der Waals surface area contributed by atoms with E-state index in [0.717, 1.165) is 17.4 Å². The summed E-state index contributed by atoms with van der Waals surface area (Å²) in [6.07, 6.45) is 6.01. The number of benzene rings is 2. The first-order chi connectivity index (χ1) is 16.7. The Morgan fingerprint density at radius 3 is 2.80 bits per heavy atom. The Hall–Kier alpha value is -4.27. The van der Waals surface area contributed by atoms with Gasteiger partial charge in [-0.15, -0.1) is 0 Å². The summed E-state index contributed by atoms with van der Waals surface area (Å²) in [5.74, 6) is -1.01. The summed E-state index contributed by atoms with van der Waals surface area (Å²) < 4.78 is 25.9. The number of hydrogen-bond donors (Lipinski definition) is 0. The third-order valence-corrected chi connectivity index (χ3v) is 6.66. The summed E-state index contributed by atoms with van der Waals surface area (Å²) in [6.45, 7) is 4.37. The fourth-order valence-electron chi connectivity index (χ4n) is 4.84. The molecule has 0 radical (unpaired) electrons. The highest BCUT2D eigenvalue weighted by molar-refractivity contribution is 5.89. The third kappa shape index (κ3) is 3.51. The number of aromatic nitrogens is 1. The molecule has 1 atom stereocenters. The van der Waals surface area contributed by atoms with Crippen molar-refractivity contribution in [2.45, 2.75) is 25.0 Å². The molecule has 8 nitrogen and oxygen atoms in total. The molecule has 3 aromatic rings. The summed E-state index contributed by atoms with van der Waals surface area (Å²) in [6, 6.07) is 13.6. The maximum atomic E-state index is 13.9. The molecule has 0 saturated carbocycles. The SMILES string of the molecule is CC1(C)c2ccccc2N(CCOC(=O)c2ccncc2F)C12C=Cc1cc([N+](=O)[O-])ccc1O2. The van der Waals surface area contributed by atoms with Crippen molar-refractivity contribution in [2.24, 2.45) is 0 Å². The van der Waals surface area contributed by atoms with Crippen LogP contribution in [-0.4, -0.2) is 34.8 Å². The van der Waals surface area contributed by atoms with Crippen LogP contribution in [-0.2, 0) is 10.2 Å². The van der Waals surface area contributed by atoms with Gasteiger partial charge in [-0.25, -0.2) is 9.18 Å². The molecule has 0 aliphatic carbocycles. The van der Waals surface area contributed by atoms with E-state index in [0.29, 0.717) is 11.3 Å². The van der Waals surface area contributed by atoms with Crippen LogP contribution in [0.2, 0.25) is 0 Å². The second-order valence-electron chi connectivity index (χ2n) is 8.90. The van der Waals surface area contributed by atoms with Crippen molar-refractivity contribution in [3.8, 4) is 5.75 Å². The van der Waals surface area contributed by atoms with Crippen molar-refractivity contribution in [1.29, 1.82) is 0 Å². The predicted molar refractivity (Wildman–Crippen MR) is 127 cm³/mol. The fraction of sp³-hybridized carbons (Fsp3) is 0.231. The van der Waals surface area contributed by atoms with Gasteiger partial charge in [0.2, 0.25) is 5.72 Å².